The molecular formula is C16H22N2O3. The minimum Gasteiger partial charge on any atom is -0.481 e. The van der Waals surface area contributed by atoms with Gasteiger partial charge in [0.15, 0.2) is 0 Å². The minimum atomic E-state index is -0.803. The summed E-state index contributed by atoms with van der Waals surface area (Å²) in [7, 11) is 0. The zero-order valence-corrected chi connectivity index (χ0v) is 12.4. The van der Waals surface area contributed by atoms with Gasteiger partial charge in [-0.3, -0.25) is 9.59 Å². The minimum absolute atomic E-state index is 0.00291. The molecule has 1 aliphatic heterocycles. The van der Waals surface area contributed by atoms with E-state index >= 15 is 0 Å². The molecule has 2 unspecified atom stereocenters. The number of carboxylic acid groups (broad SMARTS) is 1. The highest BCUT2D eigenvalue weighted by molar-refractivity contribution is 5.92. The van der Waals surface area contributed by atoms with Crippen molar-refractivity contribution in [3.8, 4) is 0 Å². The summed E-state index contributed by atoms with van der Waals surface area (Å²) in [6, 6.07) is 7.41. The maximum Gasteiger partial charge on any atom is 0.303 e. The number of aliphatic carboxylic acids is 1. The van der Waals surface area contributed by atoms with Crippen LogP contribution in [0.4, 0.5) is 5.69 Å². The zero-order chi connectivity index (χ0) is 15.4. The lowest BCUT2D eigenvalue weighted by atomic mass is 9.88. The molecule has 114 valence electrons. The topological polar surface area (TPSA) is 78.4 Å². The number of rotatable bonds is 6. The van der Waals surface area contributed by atoms with Crippen LogP contribution >= 0.6 is 0 Å². The van der Waals surface area contributed by atoms with Crippen molar-refractivity contribution in [2.75, 3.05) is 18.4 Å². The van der Waals surface area contributed by atoms with Gasteiger partial charge in [0.25, 0.3) is 0 Å². The molecule has 1 aromatic carbocycles. The van der Waals surface area contributed by atoms with Crippen LogP contribution in [0.5, 0.6) is 0 Å². The van der Waals surface area contributed by atoms with Crippen LogP contribution in [0.25, 0.3) is 0 Å². The highest BCUT2D eigenvalue weighted by Crippen LogP contribution is 2.22. The van der Waals surface area contributed by atoms with E-state index in [0.717, 1.165) is 24.3 Å². The fourth-order valence-electron chi connectivity index (χ4n) is 2.41. The lowest BCUT2D eigenvalue weighted by Gasteiger charge is -2.31. The first-order chi connectivity index (χ1) is 9.97. The van der Waals surface area contributed by atoms with Crippen molar-refractivity contribution in [3.63, 3.8) is 0 Å². The van der Waals surface area contributed by atoms with Crippen molar-refractivity contribution in [2.45, 2.75) is 26.2 Å². The maximum absolute atomic E-state index is 12.1. The normalized spacial score (nSPS) is 17.6. The van der Waals surface area contributed by atoms with Crippen molar-refractivity contribution in [1.29, 1.82) is 0 Å². The van der Waals surface area contributed by atoms with Gasteiger partial charge in [-0.15, -0.1) is 0 Å². The summed E-state index contributed by atoms with van der Waals surface area (Å²) < 4.78 is 0. The molecule has 5 heteroatoms. The summed E-state index contributed by atoms with van der Waals surface area (Å²) >= 11 is 0. The van der Waals surface area contributed by atoms with Crippen molar-refractivity contribution in [1.82, 2.24) is 5.32 Å². The van der Waals surface area contributed by atoms with E-state index in [1.165, 1.54) is 0 Å². The molecule has 0 bridgehead atoms. The Morgan fingerprint density at radius 3 is 2.38 bits per heavy atom. The second-order valence-electron chi connectivity index (χ2n) is 5.82. The van der Waals surface area contributed by atoms with Crippen molar-refractivity contribution in [3.05, 3.63) is 29.8 Å². The predicted molar refractivity (Wildman–Crippen MR) is 81.3 cm³/mol. The number of nitrogens with one attached hydrogen (secondary N) is 2. The molecule has 0 spiro atoms. The van der Waals surface area contributed by atoms with Crippen LogP contribution in [-0.2, 0) is 9.59 Å². The number of hydrogen-bond donors (Lipinski definition) is 3. The van der Waals surface area contributed by atoms with Gasteiger partial charge in [0, 0.05) is 11.6 Å². The number of carbonyl (C=O) groups excluding carboxylic acids is 1. The largest absolute Gasteiger partial charge is 0.481 e. The third-order valence-electron chi connectivity index (χ3n) is 4.16. The molecule has 5 nitrogen and oxygen atoms in total. The molecule has 21 heavy (non-hydrogen) atoms. The number of hydrogen-bond acceptors (Lipinski definition) is 3. The Labute approximate surface area is 124 Å². The average Bonchev–Trinajstić information content (AvgIpc) is 2.36. The Balaban J connectivity index is 1.92. The summed E-state index contributed by atoms with van der Waals surface area (Å²) in [4.78, 5) is 22.8. The Kier molecular flexibility index (Phi) is 4.96. The van der Waals surface area contributed by atoms with Crippen molar-refractivity contribution in [2.24, 2.45) is 11.8 Å². The highest BCUT2D eigenvalue weighted by atomic mass is 16.4. The number of benzene rings is 1. The van der Waals surface area contributed by atoms with Crippen molar-refractivity contribution >= 4 is 17.6 Å². The lowest BCUT2D eigenvalue weighted by Crippen LogP contribution is -2.48. The van der Waals surface area contributed by atoms with Gasteiger partial charge < -0.3 is 15.7 Å². The van der Waals surface area contributed by atoms with E-state index in [2.05, 4.69) is 10.6 Å². The Hall–Kier alpha value is -1.88. The standard InChI is InChI=1S/C16H22N2O3/c1-10(7-15(19)20)12-3-5-14(6-4-12)18-16(21)11(2)13-8-17-9-13/h3-6,10-11,13,17H,7-9H2,1-2H3,(H,18,21)(H,19,20). The van der Waals surface area contributed by atoms with E-state index in [1.54, 1.807) is 0 Å². The van der Waals surface area contributed by atoms with E-state index < -0.39 is 5.97 Å². The molecule has 0 saturated carbocycles. The Bertz CT molecular complexity index is 509. The number of amides is 1. The molecule has 2 atom stereocenters. The fourth-order valence-corrected chi connectivity index (χ4v) is 2.41. The third kappa shape index (κ3) is 4.04. The van der Waals surface area contributed by atoms with Gasteiger partial charge in [0.1, 0.15) is 0 Å². The van der Waals surface area contributed by atoms with Crippen LogP contribution in [-0.4, -0.2) is 30.1 Å². The molecular weight excluding hydrogens is 268 g/mol. The van der Waals surface area contributed by atoms with Crippen LogP contribution < -0.4 is 10.6 Å². The molecule has 1 heterocycles. The summed E-state index contributed by atoms with van der Waals surface area (Å²) in [6.07, 6.45) is 0.109. The monoisotopic (exact) mass is 290 g/mol. The number of carbonyl (C=O) groups is 2. The first-order valence-corrected chi connectivity index (χ1v) is 7.30. The van der Waals surface area contributed by atoms with Crippen LogP contribution in [0.2, 0.25) is 0 Å². The molecule has 1 aromatic rings. The van der Waals surface area contributed by atoms with E-state index in [9.17, 15) is 9.59 Å². The molecule has 0 aromatic heterocycles. The van der Waals surface area contributed by atoms with Crippen LogP contribution in [0.15, 0.2) is 24.3 Å². The smallest absolute Gasteiger partial charge is 0.303 e. The lowest BCUT2D eigenvalue weighted by molar-refractivity contribution is -0.137. The first kappa shape index (κ1) is 15.5. The SMILES string of the molecule is CC(CC(=O)O)c1ccc(NC(=O)C(C)C2CNC2)cc1. The van der Waals surface area contributed by atoms with Gasteiger partial charge in [-0.2, -0.15) is 0 Å². The van der Waals surface area contributed by atoms with Gasteiger partial charge in [-0.25, -0.2) is 0 Å². The fraction of sp³-hybridized carbons (Fsp3) is 0.500. The highest BCUT2D eigenvalue weighted by Gasteiger charge is 2.28. The molecule has 0 aliphatic carbocycles. The van der Waals surface area contributed by atoms with E-state index in [-0.39, 0.29) is 24.2 Å². The van der Waals surface area contributed by atoms with Gasteiger partial charge in [-0.05, 0) is 42.6 Å². The third-order valence-corrected chi connectivity index (χ3v) is 4.16. The van der Waals surface area contributed by atoms with E-state index in [1.807, 2.05) is 38.1 Å². The molecule has 1 saturated heterocycles. The van der Waals surface area contributed by atoms with E-state index in [4.69, 9.17) is 5.11 Å². The van der Waals surface area contributed by atoms with Crippen LogP contribution in [0, 0.1) is 11.8 Å². The molecule has 1 fully saturated rings. The predicted octanol–water partition coefficient (Wildman–Crippen LogP) is 2.06. The zero-order valence-electron chi connectivity index (χ0n) is 12.4. The van der Waals surface area contributed by atoms with Crippen molar-refractivity contribution < 1.29 is 14.7 Å². The molecule has 3 N–H and O–H groups in total. The quantitative estimate of drug-likeness (QED) is 0.749. The van der Waals surface area contributed by atoms with Gasteiger partial charge >= 0.3 is 5.97 Å². The molecule has 2 rings (SSSR count). The van der Waals surface area contributed by atoms with Gasteiger partial charge in [0.05, 0.1) is 6.42 Å². The second kappa shape index (κ2) is 6.72. The van der Waals surface area contributed by atoms with Gasteiger partial charge in [0.2, 0.25) is 5.91 Å². The summed E-state index contributed by atoms with van der Waals surface area (Å²) in [6.45, 7) is 5.64. The second-order valence-corrected chi connectivity index (χ2v) is 5.82. The Morgan fingerprint density at radius 2 is 1.90 bits per heavy atom. The molecule has 1 aliphatic rings. The summed E-state index contributed by atoms with van der Waals surface area (Å²) in [5.41, 5.74) is 1.72. The van der Waals surface area contributed by atoms with Crippen LogP contribution in [0.1, 0.15) is 31.7 Å². The van der Waals surface area contributed by atoms with Gasteiger partial charge in [-0.1, -0.05) is 26.0 Å². The maximum atomic E-state index is 12.1. The first-order valence-electron chi connectivity index (χ1n) is 7.30. The number of anilines is 1. The summed E-state index contributed by atoms with van der Waals surface area (Å²) in [5, 5.41) is 14.9. The summed E-state index contributed by atoms with van der Waals surface area (Å²) in [5.74, 6) is -0.389. The van der Waals surface area contributed by atoms with E-state index in [0.29, 0.717) is 5.92 Å². The Morgan fingerprint density at radius 1 is 1.29 bits per heavy atom. The molecule has 1 amide bonds. The number of carboxylic acids is 1. The van der Waals surface area contributed by atoms with Crippen LogP contribution in [0.3, 0.4) is 0 Å². The molecule has 0 radical (unpaired) electrons. The average molecular weight is 290 g/mol.